The van der Waals surface area contributed by atoms with Gasteiger partial charge in [0.15, 0.2) is 0 Å². The number of benzene rings is 1. The Hall–Kier alpha value is -1.81. The fourth-order valence-corrected chi connectivity index (χ4v) is 2.22. The molecule has 0 aliphatic heterocycles. The van der Waals surface area contributed by atoms with Crippen molar-refractivity contribution in [2.45, 2.75) is 18.5 Å². The van der Waals surface area contributed by atoms with E-state index in [0.29, 0.717) is 12.1 Å². The van der Waals surface area contributed by atoms with Crippen molar-refractivity contribution in [1.29, 1.82) is 0 Å². The van der Waals surface area contributed by atoms with Gasteiger partial charge in [0.1, 0.15) is 0 Å². The average Bonchev–Trinajstić information content (AvgIpc) is 2.47. The van der Waals surface area contributed by atoms with E-state index in [9.17, 15) is 4.79 Å². The van der Waals surface area contributed by atoms with Crippen molar-refractivity contribution < 1.29 is 4.79 Å². The van der Waals surface area contributed by atoms with Crippen LogP contribution in [-0.2, 0) is 6.54 Å². The molecular formula is C15H16N2OS. The number of thioether (sulfide) groups is 1. The van der Waals surface area contributed by atoms with E-state index in [1.54, 1.807) is 18.0 Å². The Kier molecular flexibility index (Phi) is 4.98. The Labute approximate surface area is 117 Å². The van der Waals surface area contributed by atoms with Crippen molar-refractivity contribution in [3.63, 3.8) is 0 Å². The van der Waals surface area contributed by atoms with Gasteiger partial charge in [0.2, 0.25) is 0 Å². The molecule has 1 heterocycles. The Balaban J connectivity index is 1.92. The molecule has 0 saturated heterocycles. The summed E-state index contributed by atoms with van der Waals surface area (Å²) in [4.78, 5) is 16.2. The summed E-state index contributed by atoms with van der Waals surface area (Å²) in [5, 5.41) is 3.83. The maximum atomic E-state index is 11.9. The molecule has 98 valence electrons. The second-order valence-electron chi connectivity index (χ2n) is 3.99. The second-order valence-corrected chi connectivity index (χ2v) is 5.27. The summed E-state index contributed by atoms with van der Waals surface area (Å²) in [5.74, 6) is 0.886. The van der Waals surface area contributed by atoms with E-state index in [-0.39, 0.29) is 5.91 Å². The molecule has 1 aromatic carbocycles. The highest BCUT2D eigenvalue weighted by Crippen LogP contribution is 2.14. The van der Waals surface area contributed by atoms with Crippen molar-refractivity contribution in [2.24, 2.45) is 0 Å². The molecule has 1 N–H and O–H groups in total. The van der Waals surface area contributed by atoms with E-state index in [2.05, 4.69) is 17.2 Å². The quantitative estimate of drug-likeness (QED) is 0.850. The maximum absolute atomic E-state index is 11.9. The lowest BCUT2D eigenvalue weighted by Crippen LogP contribution is -2.22. The summed E-state index contributed by atoms with van der Waals surface area (Å²) in [5.41, 5.74) is 1.68. The molecule has 19 heavy (non-hydrogen) atoms. The molecule has 0 radical (unpaired) electrons. The van der Waals surface area contributed by atoms with Gasteiger partial charge in [-0.3, -0.25) is 4.79 Å². The van der Waals surface area contributed by atoms with Crippen molar-refractivity contribution >= 4 is 17.7 Å². The lowest BCUT2D eigenvalue weighted by atomic mass is 10.2. The highest BCUT2D eigenvalue weighted by molar-refractivity contribution is 7.99. The normalized spacial score (nSPS) is 10.2. The van der Waals surface area contributed by atoms with E-state index < -0.39 is 0 Å². The van der Waals surface area contributed by atoms with Gasteiger partial charge in [0.25, 0.3) is 5.91 Å². The topological polar surface area (TPSA) is 42.0 Å². The zero-order valence-corrected chi connectivity index (χ0v) is 11.6. The molecule has 2 rings (SSSR count). The highest BCUT2D eigenvalue weighted by Gasteiger charge is 2.05. The number of rotatable bonds is 5. The number of hydrogen-bond acceptors (Lipinski definition) is 3. The molecule has 1 aromatic heterocycles. The van der Waals surface area contributed by atoms with Gasteiger partial charge >= 0.3 is 0 Å². The molecular weight excluding hydrogens is 256 g/mol. The van der Waals surface area contributed by atoms with Gasteiger partial charge in [-0.05, 0) is 23.4 Å². The molecule has 0 unspecified atom stereocenters. The summed E-state index contributed by atoms with van der Waals surface area (Å²) >= 11 is 1.66. The first-order chi connectivity index (χ1) is 9.29. The number of hydrogen-bond donors (Lipinski definition) is 1. The molecule has 0 bridgehead atoms. The first-order valence-corrected chi connectivity index (χ1v) is 7.19. The number of carbonyl (C=O) groups excluding carboxylic acids is 1. The van der Waals surface area contributed by atoms with Crippen molar-refractivity contribution in [1.82, 2.24) is 10.3 Å². The molecule has 0 aliphatic carbocycles. The van der Waals surface area contributed by atoms with Crippen molar-refractivity contribution in [2.75, 3.05) is 5.75 Å². The van der Waals surface area contributed by atoms with Crippen LogP contribution in [0, 0.1) is 0 Å². The number of nitrogens with one attached hydrogen (secondary N) is 1. The Morgan fingerprint density at radius 1 is 1.21 bits per heavy atom. The number of nitrogens with zero attached hydrogens (tertiary/aromatic N) is 1. The minimum Gasteiger partial charge on any atom is -0.348 e. The smallest absolute Gasteiger partial charge is 0.253 e. The van der Waals surface area contributed by atoms with Gasteiger partial charge in [-0.2, -0.15) is 0 Å². The van der Waals surface area contributed by atoms with Crippen LogP contribution >= 0.6 is 11.8 Å². The zero-order chi connectivity index (χ0) is 13.5. The van der Waals surface area contributed by atoms with E-state index in [1.165, 1.54) is 0 Å². The first-order valence-electron chi connectivity index (χ1n) is 6.20. The number of pyridine rings is 1. The lowest BCUT2D eigenvalue weighted by molar-refractivity contribution is 0.0950. The summed E-state index contributed by atoms with van der Waals surface area (Å²) in [6.45, 7) is 2.61. The van der Waals surface area contributed by atoms with Gasteiger partial charge in [-0.1, -0.05) is 37.3 Å². The SMILES string of the molecule is CCSc1ccc(C(=O)NCc2ccccc2)cn1. The van der Waals surface area contributed by atoms with Crippen LogP contribution in [0.25, 0.3) is 0 Å². The monoisotopic (exact) mass is 272 g/mol. The maximum Gasteiger partial charge on any atom is 0.253 e. The van der Waals surface area contributed by atoms with Gasteiger partial charge in [0, 0.05) is 12.7 Å². The average molecular weight is 272 g/mol. The van der Waals surface area contributed by atoms with Crippen LogP contribution in [-0.4, -0.2) is 16.6 Å². The van der Waals surface area contributed by atoms with E-state index >= 15 is 0 Å². The van der Waals surface area contributed by atoms with Crippen molar-refractivity contribution in [3.8, 4) is 0 Å². The zero-order valence-electron chi connectivity index (χ0n) is 10.8. The molecule has 1 amide bonds. The van der Waals surface area contributed by atoms with Gasteiger partial charge < -0.3 is 5.32 Å². The number of aromatic nitrogens is 1. The summed E-state index contributed by atoms with van der Waals surface area (Å²) in [6.07, 6.45) is 1.62. The predicted octanol–water partition coefficient (Wildman–Crippen LogP) is 3.12. The minimum atomic E-state index is -0.0931. The minimum absolute atomic E-state index is 0.0931. The van der Waals surface area contributed by atoms with Gasteiger partial charge in [0.05, 0.1) is 10.6 Å². The molecule has 0 atom stereocenters. The van der Waals surface area contributed by atoms with Crippen LogP contribution in [0.15, 0.2) is 53.7 Å². The molecule has 0 fully saturated rings. The molecule has 3 nitrogen and oxygen atoms in total. The predicted molar refractivity (Wildman–Crippen MR) is 78.2 cm³/mol. The lowest BCUT2D eigenvalue weighted by Gasteiger charge is -2.05. The van der Waals surface area contributed by atoms with Gasteiger partial charge in [-0.25, -0.2) is 4.98 Å². The fraction of sp³-hybridized carbons (Fsp3) is 0.200. The Morgan fingerprint density at radius 2 is 2.00 bits per heavy atom. The number of amides is 1. The van der Waals surface area contributed by atoms with Crippen LogP contribution < -0.4 is 5.32 Å². The van der Waals surface area contributed by atoms with Crippen LogP contribution in [0.5, 0.6) is 0 Å². The molecule has 4 heteroatoms. The fourth-order valence-electron chi connectivity index (χ4n) is 1.63. The third kappa shape index (κ3) is 4.10. The van der Waals surface area contributed by atoms with Crippen LogP contribution in [0.4, 0.5) is 0 Å². The molecule has 0 aliphatic rings. The third-order valence-corrected chi connectivity index (χ3v) is 3.41. The van der Waals surface area contributed by atoms with Crippen LogP contribution in [0.2, 0.25) is 0 Å². The van der Waals surface area contributed by atoms with E-state index in [0.717, 1.165) is 16.3 Å². The summed E-state index contributed by atoms with van der Waals surface area (Å²) in [7, 11) is 0. The summed E-state index contributed by atoms with van der Waals surface area (Å²) < 4.78 is 0. The standard InChI is InChI=1S/C15H16N2OS/c1-2-19-14-9-8-13(11-16-14)15(18)17-10-12-6-4-3-5-7-12/h3-9,11H,2,10H2,1H3,(H,17,18). The van der Waals surface area contributed by atoms with E-state index in [1.807, 2.05) is 42.5 Å². The largest absolute Gasteiger partial charge is 0.348 e. The van der Waals surface area contributed by atoms with Crippen molar-refractivity contribution in [3.05, 3.63) is 59.8 Å². The first kappa shape index (κ1) is 13.6. The van der Waals surface area contributed by atoms with Crippen LogP contribution in [0.1, 0.15) is 22.8 Å². The van der Waals surface area contributed by atoms with E-state index in [4.69, 9.17) is 0 Å². The molecule has 0 saturated carbocycles. The number of carbonyl (C=O) groups is 1. The molecule has 2 aromatic rings. The van der Waals surface area contributed by atoms with Crippen LogP contribution in [0.3, 0.4) is 0 Å². The third-order valence-electron chi connectivity index (χ3n) is 2.59. The molecule has 0 spiro atoms. The Morgan fingerprint density at radius 3 is 2.63 bits per heavy atom. The van der Waals surface area contributed by atoms with Gasteiger partial charge in [-0.15, -0.1) is 11.8 Å². The second kappa shape index (κ2) is 6.95. The summed E-state index contributed by atoms with van der Waals surface area (Å²) in [6, 6.07) is 13.5. The Bertz CT molecular complexity index is 526. The highest BCUT2D eigenvalue weighted by atomic mass is 32.2.